The average Bonchev–Trinajstić information content (AvgIpc) is 2.79. The molecular weight excluding hydrogens is 481 g/mol. The molecule has 3 heterocycles. The maximum absolute atomic E-state index is 2.36. The van der Waals surface area contributed by atoms with Crippen molar-refractivity contribution in [2.24, 2.45) is 0 Å². The van der Waals surface area contributed by atoms with Gasteiger partial charge in [0.15, 0.2) is 0 Å². The van der Waals surface area contributed by atoms with Gasteiger partial charge in [0.25, 0.3) is 0 Å². The van der Waals surface area contributed by atoms with Crippen LogP contribution < -0.4 is 0 Å². The molecular formula is C24H28S6. The molecule has 0 N–H and O–H groups in total. The molecule has 5 rings (SSSR count). The minimum atomic E-state index is 1.14. The van der Waals surface area contributed by atoms with Crippen molar-refractivity contribution in [3.63, 3.8) is 0 Å². The summed E-state index contributed by atoms with van der Waals surface area (Å²) < 4.78 is 0. The fourth-order valence-corrected chi connectivity index (χ4v) is 13.7. The van der Waals surface area contributed by atoms with Gasteiger partial charge >= 0.3 is 0 Å². The predicted molar refractivity (Wildman–Crippen MR) is 142 cm³/mol. The normalized spacial score (nSPS) is 17.2. The SMILES string of the molecule is CCc1c2c(c(CC)c3c1Sc1c(CC)c4c(c(CC)c1S3)SCCS4)SCCS2. The second-order valence-corrected chi connectivity index (χ2v) is 14.0. The number of hydrogen-bond acceptors (Lipinski definition) is 6. The molecule has 6 heteroatoms. The van der Waals surface area contributed by atoms with Crippen molar-refractivity contribution < 1.29 is 0 Å². The Hall–Kier alpha value is 0.540. The first-order valence-corrected chi connectivity index (χ1v) is 16.6. The van der Waals surface area contributed by atoms with Gasteiger partial charge in [-0.1, -0.05) is 51.2 Å². The third kappa shape index (κ3) is 3.51. The van der Waals surface area contributed by atoms with Crippen LogP contribution in [0.4, 0.5) is 0 Å². The fourth-order valence-electron chi connectivity index (χ4n) is 4.61. The van der Waals surface area contributed by atoms with Gasteiger partial charge in [0, 0.05) is 62.2 Å². The minimum Gasteiger partial charge on any atom is -0.124 e. The van der Waals surface area contributed by atoms with Gasteiger partial charge in [-0.25, -0.2) is 0 Å². The van der Waals surface area contributed by atoms with Gasteiger partial charge in [0.2, 0.25) is 0 Å². The van der Waals surface area contributed by atoms with E-state index in [9.17, 15) is 0 Å². The standard InChI is InChI=1S/C24H28S6/c1-5-13-17-18(26-10-9-25-17)14(6-2)22-21(13)29-23-15(7-3)19-20(28-12-11-27-19)16(8-4)24(23)30-22/h5-12H2,1-4H3. The molecule has 0 amide bonds. The summed E-state index contributed by atoms with van der Waals surface area (Å²) in [5, 5.41) is 0. The highest BCUT2D eigenvalue weighted by Crippen LogP contribution is 2.60. The van der Waals surface area contributed by atoms with E-state index in [2.05, 4.69) is 98.3 Å². The van der Waals surface area contributed by atoms with Gasteiger partial charge in [-0.3, -0.25) is 0 Å². The molecule has 0 nitrogen and oxygen atoms in total. The Morgan fingerprint density at radius 3 is 0.833 bits per heavy atom. The topological polar surface area (TPSA) is 0 Å². The van der Waals surface area contributed by atoms with E-state index >= 15 is 0 Å². The van der Waals surface area contributed by atoms with Gasteiger partial charge in [-0.15, -0.1) is 47.0 Å². The van der Waals surface area contributed by atoms with E-state index in [0.717, 1.165) is 25.7 Å². The van der Waals surface area contributed by atoms with Crippen LogP contribution in [0, 0.1) is 0 Å². The number of hydrogen-bond donors (Lipinski definition) is 0. The van der Waals surface area contributed by atoms with Crippen LogP contribution in [0.1, 0.15) is 49.9 Å². The highest BCUT2D eigenvalue weighted by molar-refractivity contribution is 8.07. The van der Waals surface area contributed by atoms with Gasteiger partial charge < -0.3 is 0 Å². The van der Waals surface area contributed by atoms with E-state index in [1.54, 1.807) is 61.4 Å². The second-order valence-electron chi connectivity index (χ2n) is 7.56. The summed E-state index contributed by atoms with van der Waals surface area (Å²) in [7, 11) is 0. The molecule has 0 bridgehead atoms. The predicted octanol–water partition coefficient (Wildman–Crippen LogP) is 8.95. The lowest BCUT2D eigenvalue weighted by Crippen LogP contribution is -2.11. The zero-order valence-electron chi connectivity index (χ0n) is 18.1. The van der Waals surface area contributed by atoms with Crippen LogP contribution in [0.25, 0.3) is 0 Å². The van der Waals surface area contributed by atoms with E-state index in [1.807, 2.05) is 0 Å². The zero-order chi connectivity index (χ0) is 20.8. The Balaban J connectivity index is 1.78. The second kappa shape index (κ2) is 9.42. The van der Waals surface area contributed by atoms with Crippen molar-refractivity contribution in [2.75, 3.05) is 23.0 Å². The molecule has 160 valence electrons. The van der Waals surface area contributed by atoms with E-state index in [4.69, 9.17) is 0 Å². The van der Waals surface area contributed by atoms with Crippen LogP contribution >= 0.6 is 70.6 Å². The molecule has 0 saturated heterocycles. The Morgan fingerprint density at radius 2 is 0.633 bits per heavy atom. The molecule has 0 spiro atoms. The minimum absolute atomic E-state index is 1.14. The summed E-state index contributed by atoms with van der Waals surface area (Å²) in [5.41, 5.74) is 6.49. The lowest BCUT2D eigenvalue weighted by Gasteiger charge is -2.33. The average molecular weight is 509 g/mol. The highest BCUT2D eigenvalue weighted by atomic mass is 32.2. The molecule has 30 heavy (non-hydrogen) atoms. The summed E-state index contributed by atoms with van der Waals surface area (Å²) >= 11 is 12.7. The van der Waals surface area contributed by atoms with Gasteiger partial charge in [-0.05, 0) is 47.9 Å². The molecule has 0 radical (unpaired) electrons. The van der Waals surface area contributed by atoms with Crippen molar-refractivity contribution in [1.29, 1.82) is 0 Å². The van der Waals surface area contributed by atoms with Crippen molar-refractivity contribution in [1.82, 2.24) is 0 Å². The Bertz CT molecular complexity index is 851. The largest absolute Gasteiger partial charge is 0.124 e. The lowest BCUT2D eigenvalue weighted by atomic mass is 10.1. The van der Waals surface area contributed by atoms with Crippen molar-refractivity contribution in [3.05, 3.63) is 22.3 Å². The molecule has 3 aliphatic heterocycles. The first kappa shape index (κ1) is 22.3. The summed E-state index contributed by atoms with van der Waals surface area (Å²) in [5.74, 6) is 5.01. The van der Waals surface area contributed by atoms with Gasteiger partial charge in [-0.2, -0.15) is 0 Å². The lowest BCUT2D eigenvalue weighted by molar-refractivity contribution is 0.840. The zero-order valence-corrected chi connectivity index (χ0v) is 23.0. The van der Waals surface area contributed by atoms with E-state index < -0.39 is 0 Å². The van der Waals surface area contributed by atoms with E-state index in [-0.39, 0.29) is 0 Å². The number of fused-ring (bicyclic) bond motifs is 4. The molecule has 0 fully saturated rings. The third-order valence-electron chi connectivity index (χ3n) is 5.99. The van der Waals surface area contributed by atoms with Crippen LogP contribution in [0.2, 0.25) is 0 Å². The van der Waals surface area contributed by atoms with Gasteiger partial charge in [0.05, 0.1) is 0 Å². The maximum atomic E-state index is 2.36. The first-order chi connectivity index (χ1) is 14.7. The summed E-state index contributed by atoms with van der Waals surface area (Å²) in [6, 6.07) is 0. The third-order valence-corrected chi connectivity index (χ3v) is 14.2. The smallest absolute Gasteiger partial charge is 0.0309 e. The highest BCUT2D eigenvalue weighted by Gasteiger charge is 2.34. The molecule has 0 aliphatic carbocycles. The molecule has 2 aromatic rings. The van der Waals surface area contributed by atoms with Crippen molar-refractivity contribution in [3.8, 4) is 0 Å². The summed E-state index contributed by atoms with van der Waals surface area (Å²) in [6.45, 7) is 9.44. The van der Waals surface area contributed by atoms with Crippen molar-refractivity contribution >= 4 is 70.6 Å². The van der Waals surface area contributed by atoms with Crippen molar-refractivity contribution in [2.45, 2.75) is 92.5 Å². The van der Waals surface area contributed by atoms with E-state index in [1.165, 1.54) is 23.0 Å². The van der Waals surface area contributed by atoms with E-state index in [0.29, 0.717) is 0 Å². The number of rotatable bonds is 4. The fraction of sp³-hybridized carbons (Fsp3) is 0.500. The molecule has 3 aliphatic rings. The van der Waals surface area contributed by atoms with Gasteiger partial charge in [0.1, 0.15) is 0 Å². The van der Waals surface area contributed by atoms with Crippen LogP contribution in [-0.2, 0) is 25.7 Å². The number of benzene rings is 2. The maximum Gasteiger partial charge on any atom is 0.0309 e. The molecule has 0 unspecified atom stereocenters. The monoisotopic (exact) mass is 508 g/mol. The Kier molecular flexibility index (Phi) is 7.01. The number of thioether (sulfide) groups is 4. The Labute approximate surface area is 207 Å². The van der Waals surface area contributed by atoms with Crippen LogP contribution in [0.3, 0.4) is 0 Å². The summed E-state index contributed by atoms with van der Waals surface area (Å²) in [6.07, 6.45) is 4.57. The van der Waals surface area contributed by atoms with Crippen LogP contribution in [0.5, 0.6) is 0 Å². The molecule has 0 atom stereocenters. The molecule has 0 saturated carbocycles. The van der Waals surface area contributed by atoms with Crippen LogP contribution in [-0.4, -0.2) is 23.0 Å². The summed E-state index contributed by atoms with van der Waals surface area (Å²) in [4.78, 5) is 12.8. The molecule has 0 aromatic heterocycles. The first-order valence-electron chi connectivity index (χ1n) is 11.0. The molecule has 2 aromatic carbocycles. The quantitative estimate of drug-likeness (QED) is 0.342. The van der Waals surface area contributed by atoms with Crippen LogP contribution in [0.15, 0.2) is 39.2 Å². The Morgan fingerprint density at radius 1 is 0.400 bits per heavy atom.